The summed E-state index contributed by atoms with van der Waals surface area (Å²) < 4.78 is 5.07. The molecule has 1 heterocycles. The minimum atomic E-state index is -0.643. The maximum Gasteiger partial charge on any atom is 0.339 e. The number of benzene rings is 2. The van der Waals surface area contributed by atoms with Crippen LogP contribution in [0.15, 0.2) is 41.3 Å². The second kappa shape index (κ2) is 11.1. The predicted octanol–water partition coefficient (Wildman–Crippen LogP) is 5.89. The summed E-state index contributed by atoms with van der Waals surface area (Å²) in [7, 11) is 0. The Labute approximate surface area is 209 Å². The molecule has 0 bridgehead atoms. The average molecular weight is 528 g/mol. The second-order valence-electron chi connectivity index (χ2n) is 6.78. The first-order valence-electron chi connectivity index (χ1n) is 9.67. The zero-order valence-electron chi connectivity index (χ0n) is 17.2. The molecule has 3 amide bonds. The molecule has 0 aliphatic carbocycles. The molecule has 0 saturated carbocycles. The molecular weight excluding hydrogens is 511 g/mol. The van der Waals surface area contributed by atoms with Crippen LogP contribution >= 0.6 is 46.6 Å². The van der Waals surface area contributed by atoms with E-state index in [0.717, 1.165) is 4.90 Å². The molecule has 0 aromatic heterocycles. The number of thioether (sulfide) groups is 1. The van der Waals surface area contributed by atoms with Crippen molar-refractivity contribution in [2.75, 3.05) is 18.5 Å². The summed E-state index contributed by atoms with van der Waals surface area (Å²) in [6.07, 6.45) is 2.07. The first-order valence-corrected chi connectivity index (χ1v) is 11.6. The molecular formula is C22H17Cl3N2O5S. The van der Waals surface area contributed by atoms with E-state index in [9.17, 15) is 19.2 Å². The normalized spacial score (nSPS) is 14.7. The lowest BCUT2D eigenvalue weighted by Gasteiger charge is -2.13. The van der Waals surface area contributed by atoms with Crippen molar-refractivity contribution in [2.45, 2.75) is 13.3 Å². The molecule has 2 aromatic carbocycles. The number of hydrogen-bond acceptors (Lipinski definition) is 6. The van der Waals surface area contributed by atoms with Gasteiger partial charge in [0.25, 0.3) is 11.1 Å². The first-order chi connectivity index (χ1) is 15.7. The molecule has 1 aliphatic rings. The number of carbonyl (C=O) groups is 4. The van der Waals surface area contributed by atoms with Gasteiger partial charge in [-0.3, -0.25) is 19.3 Å². The molecule has 0 radical (unpaired) electrons. The molecule has 1 saturated heterocycles. The van der Waals surface area contributed by atoms with E-state index in [4.69, 9.17) is 39.5 Å². The molecule has 33 heavy (non-hydrogen) atoms. The van der Waals surface area contributed by atoms with Gasteiger partial charge in [0, 0.05) is 21.3 Å². The Bertz CT molecular complexity index is 1150. The van der Waals surface area contributed by atoms with E-state index < -0.39 is 29.6 Å². The Hall–Kier alpha value is -2.52. The fourth-order valence-corrected chi connectivity index (χ4v) is 4.31. The molecule has 0 atom stereocenters. The number of amides is 3. The van der Waals surface area contributed by atoms with E-state index in [1.807, 2.05) is 6.92 Å². The molecule has 1 fully saturated rings. The molecule has 0 spiro atoms. The van der Waals surface area contributed by atoms with Gasteiger partial charge in [-0.25, -0.2) is 4.79 Å². The Morgan fingerprint density at radius 1 is 1.09 bits per heavy atom. The van der Waals surface area contributed by atoms with E-state index in [-0.39, 0.29) is 27.8 Å². The topological polar surface area (TPSA) is 92.8 Å². The van der Waals surface area contributed by atoms with E-state index in [0.29, 0.717) is 33.8 Å². The smallest absolute Gasteiger partial charge is 0.339 e. The highest BCUT2D eigenvalue weighted by Gasteiger charge is 2.36. The Morgan fingerprint density at radius 3 is 2.45 bits per heavy atom. The number of halogens is 3. The van der Waals surface area contributed by atoms with Crippen molar-refractivity contribution in [3.8, 4) is 0 Å². The highest BCUT2D eigenvalue weighted by atomic mass is 35.5. The summed E-state index contributed by atoms with van der Waals surface area (Å²) in [6, 6.07) is 9.17. The lowest BCUT2D eigenvalue weighted by atomic mass is 10.2. The summed E-state index contributed by atoms with van der Waals surface area (Å²) in [4.78, 5) is 50.5. The highest BCUT2D eigenvalue weighted by Crippen LogP contribution is 2.35. The number of nitrogens with zero attached hydrogens (tertiary/aromatic N) is 1. The standard InChI is InChI=1S/C22H17Cl3N2O5S/c1-2-8-32-21(30)14-9-12(6-7-17(14)25)26-19(28)11-27-20(29)18(33-22(27)31)10-13-15(23)4-3-5-16(13)24/h3-7,9-10H,2,8,11H2,1H3,(H,26,28)/b18-10+. The van der Waals surface area contributed by atoms with Crippen molar-refractivity contribution < 1.29 is 23.9 Å². The van der Waals surface area contributed by atoms with Crippen LogP contribution in [0, 0.1) is 0 Å². The van der Waals surface area contributed by atoms with Gasteiger partial charge in [0.1, 0.15) is 6.54 Å². The third kappa shape index (κ3) is 6.09. The maximum atomic E-state index is 12.7. The SMILES string of the molecule is CCCOC(=O)c1cc(NC(=O)CN2C(=O)S/C(=C/c3c(Cl)cccc3Cl)C2=O)ccc1Cl. The van der Waals surface area contributed by atoms with E-state index in [1.54, 1.807) is 18.2 Å². The van der Waals surface area contributed by atoms with Crippen molar-refractivity contribution in [3.05, 3.63) is 67.5 Å². The molecule has 1 aliphatic heterocycles. The van der Waals surface area contributed by atoms with Crippen LogP contribution in [0.5, 0.6) is 0 Å². The average Bonchev–Trinajstić information content (AvgIpc) is 3.03. The van der Waals surface area contributed by atoms with E-state index >= 15 is 0 Å². The number of nitrogens with one attached hydrogen (secondary N) is 1. The second-order valence-corrected chi connectivity index (χ2v) is 9.00. The predicted molar refractivity (Wildman–Crippen MR) is 130 cm³/mol. The van der Waals surface area contributed by atoms with Crippen LogP contribution in [0.2, 0.25) is 15.1 Å². The van der Waals surface area contributed by atoms with Gasteiger partial charge in [-0.2, -0.15) is 0 Å². The third-order valence-electron chi connectivity index (χ3n) is 4.36. The zero-order valence-corrected chi connectivity index (χ0v) is 20.3. The number of anilines is 1. The summed E-state index contributed by atoms with van der Waals surface area (Å²) in [6.45, 7) is 1.57. The minimum absolute atomic E-state index is 0.0913. The summed E-state index contributed by atoms with van der Waals surface area (Å²) in [5.41, 5.74) is 0.756. The van der Waals surface area contributed by atoms with Gasteiger partial charge >= 0.3 is 5.97 Å². The Kier molecular flexibility index (Phi) is 8.42. The van der Waals surface area contributed by atoms with Gasteiger partial charge in [-0.1, -0.05) is 47.8 Å². The van der Waals surface area contributed by atoms with Gasteiger partial charge < -0.3 is 10.1 Å². The number of rotatable bonds is 7. The van der Waals surface area contributed by atoms with Crippen LogP contribution < -0.4 is 5.32 Å². The first kappa shape index (κ1) is 25.1. The number of imide groups is 1. The molecule has 1 N–H and O–H groups in total. The van der Waals surface area contributed by atoms with Gasteiger partial charge in [-0.05, 0) is 54.6 Å². The van der Waals surface area contributed by atoms with Crippen molar-refractivity contribution in [2.24, 2.45) is 0 Å². The summed E-state index contributed by atoms with van der Waals surface area (Å²) in [5.74, 6) is -1.90. The molecule has 7 nitrogen and oxygen atoms in total. The number of carbonyl (C=O) groups excluding carboxylic acids is 4. The van der Waals surface area contributed by atoms with Crippen LogP contribution in [-0.4, -0.2) is 41.1 Å². The maximum absolute atomic E-state index is 12.7. The van der Waals surface area contributed by atoms with Crippen molar-refractivity contribution in [1.29, 1.82) is 0 Å². The van der Waals surface area contributed by atoms with Gasteiger partial charge in [0.05, 0.1) is 22.1 Å². The summed E-state index contributed by atoms with van der Waals surface area (Å²) in [5, 5.41) is 2.76. The summed E-state index contributed by atoms with van der Waals surface area (Å²) >= 11 is 19.0. The number of hydrogen-bond donors (Lipinski definition) is 1. The van der Waals surface area contributed by atoms with Crippen LogP contribution in [-0.2, 0) is 14.3 Å². The molecule has 3 rings (SSSR count). The van der Waals surface area contributed by atoms with Crippen molar-refractivity contribution in [1.82, 2.24) is 4.90 Å². The Morgan fingerprint density at radius 2 is 1.79 bits per heavy atom. The minimum Gasteiger partial charge on any atom is -0.462 e. The van der Waals surface area contributed by atoms with Gasteiger partial charge in [0.15, 0.2) is 0 Å². The lowest BCUT2D eigenvalue weighted by molar-refractivity contribution is -0.127. The van der Waals surface area contributed by atoms with Gasteiger partial charge in [0.2, 0.25) is 5.91 Å². The lowest BCUT2D eigenvalue weighted by Crippen LogP contribution is -2.36. The van der Waals surface area contributed by atoms with Crippen molar-refractivity contribution in [3.63, 3.8) is 0 Å². The number of esters is 1. The monoisotopic (exact) mass is 526 g/mol. The Balaban J connectivity index is 1.71. The van der Waals surface area contributed by atoms with Crippen LogP contribution in [0.3, 0.4) is 0 Å². The van der Waals surface area contributed by atoms with E-state index in [2.05, 4.69) is 5.32 Å². The van der Waals surface area contributed by atoms with E-state index in [1.165, 1.54) is 24.3 Å². The zero-order chi connectivity index (χ0) is 24.1. The molecule has 11 heteroatoms. The fraction of sp³-hybridized carbons (Fsp3) is 0.182. The quantitative estimate of drug-likeness (QED) is 0.357. The van der Waals surface area contributed by atoms with Crippen LogP contribution in [0.25, 0.3) is 6.08 Å². The largest absolute Gasteiger partial charge is 0.462 e. The van der Waals surface area contributed by atoms with Crippen LogP contribution in [0.4, 0.5) is 10.5 Å². The fourth-order valence-electron chi connectivity index (χ4n) is 2.79. The van der Waals surface area contributed by atoms with Crippen molar-refractivity contribution >= 4 is 81.4 Å². The van der Waals surface area contributed by atoms with Crippen LogP contribution in [0.1, 0.15) is 29.3 Å². The molecule has 172 valence electrons. The highest BCUT2D eigenvalue weighted by molar-refractivity contribution is 8.18. The third-order valence-corrected chi connectivity index (χ3v) is 6.25. The molecule has 0 unspecified atom stereocenters. The van der Waals surface area contributed by atoms with Gasteiger partial charge in [-0.15, -0.1) is 0 Å². The number of ether oxygens (including phenoxy) is 1. The molecule has 2 aromatic rings.